The lowest BCUT2D eigenvalue weighted by atomic mass is 9.96. The highest BCUT2D eigenvalue weighted by Crippen LogP contribution is 2.27. The maximum Gasteiger partial charge on any atom is 0.408 e. The molecule has 0 heterocycles. The molecule has 0 radical (unpaired) electrons. The van der Waals surface area contributed by atoms with Crippen LogP contribution < -0.4 is 10.6 Å². The summed E-state index contributed by atoms with van der Waals surface area (Å²) in [6.07, 6.45) is 2.43. The number of aliphatic hydroxyl groups is 1. The Morgan fingerprint density at radius 3 is 2.26 bits per heavy atom. The average molecular weight is 478 g/mol. The number of hydrogen-bond donors (Lipinski definition) is 3. The van der Waals surface area contributed by atoms with Gasteiger partial charge in [0, 0.05) is 13.1 Å². The SMILES string of the molecule is CCCCNC(=O)C(c1ccc(C)cc1C)N(CCCC)C(=O)C(CO)NC(=O)OC(C)(C)C. The molecule has 0 bridgehead atoms. The second-order valence-corrected chi connectivity index (χ2v) is 9.67. The van der Waals surface area contributed by atoms with E-state index in [0.717, 1.165) is 36.0 Å². The number of nitrogens with one attached hydrogen (secondary N) is 2. The van der Waals surface area contributed by atoms with Gasteiger partial charge in [-0.15, -0.1) is 0 Å². The molecule has 0 aliphatic carbocycles. The smallest absolute Gasteiger partial charge is 0.408 e. The van der Waals surface area contributed by atoms with Crippen LogP contribution in [0.3, 0.4) is 0 Å². The van der Waals surface area contributed by atoms with Crippen molar-refractivity contribution >= 4 is 17.9 Å². The number of unbranched alkanes of at least 4 members (excludes halogenated alkanes) is 2. The number of benzene rings is 1. The number of amides is 3. The fourth-order valence-corrected chi connectivity index (χ4v) is 3.60. The summed E-state index contributed by atoms with van der Waals surface area (Å²) in [7, 11) is 0. The average Bonchev–Trinajstić information content (AvgIpc) is 2.74. The highest BCUT2D eigenvalue weighted by molar-refractivity contribution is 5.92. The lowest BCUT2D eigenvalue weighted by Gasteiger charge is -2.34. The van der Waals surface area contributed by atoms with Crippen LogP contribution in [0.2, 0.25) is 0 Å². The molecule has 3 amide bonds. The third-order valence-corrected chi connectivity index (χ3v) is 5.32. The quantitative estimate of drug-likeness (QED) is 0.397. The van der Waals surface area contributed by atoms with E-state index in [4.69, 9.17) is 4.74 Å². The van der Waals surface area contributed by atoms with E-state index in [0.29, 0.717) is 19.5 Å². The Morgan fingerprint density at radius 1 is 1.09 bits per heavy atom. The Bertz CT molecular complexity index is 819. The van der Waals surface area contributed by atoms with Gasteiger partial charge in [-0.3, -0.25) is 9.59 Å². The lowest BCUT2D eigenvalue weighted by Crippen LogP contribution is -2.54. The van der Waals surface area contributed by atoms with Crippen molar-refractivity contribution in [2.45, 2.75) is 91.8 Å². The summed E-state index contributed by atoms with van der Waals surface area (Å²) in [6, 6.07) is 3.65. The standard InChI is InChI=1S/C26H43N3O5/c1-8-10-14-27-23(31)22(20-13-12-18(3)16-19(20)4)29(15-11-9-2)24(32)21(17-30)28-25(33)34-26(5,6)7/h12-13,16,21-22,30H,8-11,14-15,17H2,1-7H3,(H,27,31)(H,28,33). The van der Waals surface area contributed by atoms with Gasteiger partial charge in [0.25, 0.3) is 0 Å². The predicted octanol–water partition coefficient (Wildman–Crippen LogP) is 3.78. The number of alkyl carbamates (subject to hydrolysis) is 1. The van der Waals surface area contributed by atoms with Crippen molar-refractivity contribution in [3.8, 4) is 0 Å². The van der Waals surface area contributed by atoms with Gasteiger partial charge >= 0.3 is 6.09 Å². The molecule has 0 fully saturated rings. The molecule has 0 spiro atoms. The molecule has 1 aromatic rings. The minimum Gasteiger partial charge on any atom is -0.444 e. The van der Waals surface area contributed by atoms with Crippen LogP contribution in [0.1, 0.15) is 83.0 Å². The molecule has 3 N–H and O–H groups in total. The predicted molar refractivity (Wildman–Crippen MR) is 133 cm³/mol. The number of rotatable bonds is 12. The topological polar surface area (TPSA) is 108 Å². The van der Waals surface area contributed by atoms with E-state index in [1.165, 1.54) is 4.90 Å². The van der Waals surface area contributed by atoms with E-state index in [1.807, 2.05) is 45.9 Å². The van der Waals surface area contributed by atoms with Crippen LogP contribution in [0, 0.1) is 13.8 Å². The van der Waals surface area contributed by atoms with Gasteiger partial charge in [-0.25, -0.2) is 4.79 Å². The first-order chi connectivity index (χ1) is 15.9. The van der Waals surface area contributed by atoms with Crippen molar-refractivity contribution in [1.82, 2.24) is 15.5 Å². The molecule has 2 atom stereocenters. The number of carbonyl (C=O) groups is 3. The van der Waals surface area contributed by atoms with Crippen LogP contribution in [0.25, 0.3) is 0 Å². The molecule has 0 aliphatic rings. The van der Waals surface area contributed by atoms with E-state index in [1.54, 1.807) is 20.8 Å². The van der Waals surface area contributed by atoms with Crippen LogP contribution in [0.5, 0.6) is 0 Å². The largest absolute Gasteiger partial charge is 0.444 e. The Hall–Kier alpha value is -2.61. The molecule has 34 heavy (non-hydrogen) atoms. The number of nitrogens with zero attached hydrogens (tertiary/aromatic N) is 1. The highest BCUT2D eigenvalue weighted by Gasteiger charge is 2.36. The fraction of sp³-hybridized carbons (Fsp3) is 0.654. The monoisotopic (exact) mass is 477 g/mol. The summed E-state index contributed by atoms with van der Waals surface area (Å²) in [5, 5.41) is 15.4. The summed E-state index contributed by atoms with van der Waals surface area (Å²) in [5.41, 5.74) is 1.91. The number of ether oxygens (including phenoxy) is 1. The molecule has 1 rings (SSSR count). The van der Waals surface area contributed by atoms with Gasteiger partial charge < -0.3 is 25.4 Å². The molecule has 0 saturated heterocycles. The summed E-state index contributed by atoms with van der Waals surface area (Å²) >= 11 is 0. The first-order valence-electron chi connectivity index (χ1n) is 12.2. The van der Waals surface area contributed by atoms with E-state index in [9.17, 15) is 19.5 Å². The van der Waals surface area contributed by atoms with Crippen molar-refractivity contribution in [3.63, 3.8) is 0 Å². The summed E-state index contributed by atoms with van der Waals surface area (Å²) < 4.78 is 5.26. The van der Waals surface area contributed by atoms with Crippen molar-refractivity contribution in [3.05, 3.63) is 34.9 Å². The van der Waals surface area contributed by atoms with Crippen LogP contribution >= 0.6 is 0 Å². The minimum atomic E-state index is -1.23. The summed E-state index contributed by atoms with van der Waals surface area (Å²) in [4.78, 5) is 40.8. The number of aryl methyl sites for hydroxylation is 2. The Morgan fingerprint density at radius 2 is 1.74 bits per heavy atom. The fourth-order valence-electron chi connectivity index (χ4n) is 3.60. The third kappa shape index (κ3) is 9.33. The van der Waals surface area contributed by atoms with Gasteiger partial charge in [0.2, 0.25) is 11.8 Å². The zero-order chi connectivity index (χ0) is 25.9. The molecule has 0 saturated carbocycles. The first-order valence-corrected chi connectivity index (χ1v) is 12.2. The normalized spacial score (nSPS) is 13.1. The van der Waals surface area contributed by atoms with Crippen LogP contribution in [-0.2, 0) is 14.3 Å². The Balaban J connectivity index is 3.38. The van der Waals surface area contributed by atoms with Crippen molar-refractivity contribution < 1.29 is 24.2 Å². The zero-order valence-electron chi connectivity index (χ0n) is 21.9. The summed E-state index contributed by atoms with van der Waals surface area (Å²) in [5.74, 6) is -0.809. The van der Waals surface area contributed by atoms with Crippen LogP contribution in [0.15, 0.2) is 18.2 Å². The second kappa shape index (κ2) is 13.9. The van der Waals surface area contributed by atoms with Crippen LogP contribution in [-0.4, -0.2) is 59.3 Å². The van der Waals surface area contributed by atoms with E-state index >= 15 is 0 Å². The number of hydrogen-bond acceptors (Lipinski definition) is 5. The molecule has 2 unspecified atom stereocenters. The van der Waals surface area contributed by atoms with Gasteiger partial charge in [0.05, 0.1) is 6.61 Å². The van der Waals surface area contributed by atoms with Gasteiger partial charge in [0.15, 0.2) is 0 Å². The van der Waals surface area contributed by atoms with E-state index in [-0.39, 0.29) is 5.91 Å². The van der Waals surface area contributed by atoms with Crippen molar-refractivity contribution in [2.75, 3.05) is 19.7 Å². The van der Waals surface area contributed by atoms with Gasteiger partial charge in [-0.1, -0.05) is 50.5 Å². The first kappa shape index (κ1) is 29.4. The molecule has 0 aliphatic heterocycles. The third-order valence-electron chi connectivity index (χ3n) is 5.32. The lowest BCUT2D eigenvalue weighted by molar-refractivity contribution is -0.143. The van der Waals surface area contributed by atoms with Gasteiger partial charge in [-0.05, 0) is 58.6 Å². The maximum absolute atomic E-state index is 13.6. The second-order valence-electron chi connectivity index (χ2n) is 9.67. The minimum absolute atomic E-state index is 0.279. The Labute approximate surface area is 204 Å². The molecular weight excluding hydrogens is 434 g/mol. The van der Waals surface area contributed by atoms with Crippen molar-refractivity contribution in [1.29, 1.82) is 0 Å². The number of aliphatic hydroxyl groups excluding tert-OH is 1. The molecule has 1 aromatic carbocycles. The highest BCUT2D eigenvalue weighted by atomic mass is 16.6. The molecule has 0 aromatic heterocycles. The van der Waals surface area contributed by atoms with Gasteiger partial charge in [-0.2, -0.15) is 0 Å². The molecular formula is C26H43N3O5. The number of carbonyl (C=O) groups excluding carboxylic acids is 3. The van der Waals surface area contributed by atoms with Gasteiger partial charge in [0.1, 0.15) is 17.7 Å². The summed E-state index contributed by atoms with van der Waals surface area (Å²) in [6.45, 7) is 13.3. The Kier molecular flexibility index (Phi) is 12.1. The van der Waals surface area contributed by atoms with Crippen molar-refractivity contribution in [2.24, 2.45) is 0 Å². The molecule has 8 heteroatoms. The van der Waals surface area contributed by atoms with E-state index in [2.05, 4.69) is 10.6 Å². The molecule has 8 nitrogen and oxygen atoms in total. The molecule has 192 valence electrons. The van der Waals surface area contributed by atoms with E-state index < -0.39 is 36.3 Å². The zero-order valence-corrected chi connectivity index (χ0v) is 21.9. The van der Waals surface area contributed by atoms with Crippen LogP contribution in [0.4, 0.5) is 4.79 Å². The maximum atomic E-state index is 13.6.